The van der Waals surface area contributed by atoms with E-state index in [2.05, 4.69) is 50.2 Å². The Balaban J connectivity index is 1.19. The Hall–Kier alpha value is -6.96. The molecular weight excluding hydrogens is 675 g/mol. The number of benzene rings is 9. The van der Waals surface area contributed by atoms with Crippen molar-refractivity contribution in [2.24, 2.45) is 0 Å². The van der Waals surface area contributed by atoms with Gasteiger partial charge in [-0.05, 0) is 114 Å². The Morgan fingerprint density at radius 3 is 1.73 bits per heavy atom. The third kappa shape index (κ3) is 5.81. The van der Waals surface area contributed by atoms with E-state index in [9.17, 15) is 9.60 Å². The molecule has 1 aliphatic carbocycles. The molecule has 1 nitrogen and oxygen atoms in total. The van der Waals surface area contributed by atoms with Crippen molar-refractivity contribution in [2.45, 2.75) is 19.3 Å². The molecule has 0 amide bonds. The summed E-state index contributed by atoms with van der Waals surface area (Å²) >= 11 is 0. The monoisotopic (exact) mass is 723 g/mol. The maximum Gasteiger partial charge on any atom is 0.0651 e. The zero-order valence-electron chi connectivity index (χ0n) is 39.0. The highest BCUT2D eigenvalue weighted by atomic mass is 15.1. The van der Waals surface area contributed by atoms with Gasteiger partial charge in [-0.1, -0.05) is 190 Å². The summed E-state index contributed by atoms with van der Waals surface area (Å²) in [7, 11) is 0. The van der Waals surface area contributed by atoms with Crippen molar-refractivity contribution in [1.29, 1.82) is 0 Å². The van der Waals surface area contributed by atoms with Crippen LogP contribution >= 0.6 is 0 Å². The van der Waals surface area contributed by atoms with Crippen LogP contribution in [-0.2, 0) is 5.41 Å². The fourth-order valence-electron chi connectivity index (χ4n) is 8.29. The molecule has 10 rings (SSSR count). The second-order valence-electron chi connectivity index (χ2n) is 14.7. The Kier molecular flexibility index (Phi) is 6.36. The molecule has 56 heavy (non-hydrogen) atoms. The first kappa shape index (κ1) is 26.0. The maximum atomic E-state index is 9.87. The largest absolute Gasteiger partial charge is 0.310 e. The standard InChI is InChI=1S/C55H41N/c1-55(2)53-24-9-8-20-51(53)52-23-12-22-50(54(52)55)43-31-35-46(36-32-43)56(47-18-10-17-44(37-47)49-21-11-16-42-15-6-7-19-48(42)49)45-33-29-41(30-34-45)40-27-25-39(26-28-40)38-13-4-3-5-14-38/h3-37H,1-2H3/i10D,17D,18D,31D,32D,35D,36D,37D. The number of fused-ring (bicyclic) bond motifs is 4. The number of rotatable bonds is 7. The molecule has 9 aromatic rings. The fourth-order valence-corrected chi connectivity index (χ4v) is 8.29. The van der Waals surface area contributed by atoms with Gasteiger partial charge in [0.25, 0.3) is 0 Å². The van der Waals surface area contributed by atoms with Crippen LogP contribution in [-0.4, -0.2) is 0 Å². The molecule has 0 saturated carbocycles. The second kappa shape index (κ2) is 13.7. The lowest BCUT2D eigenvalue weighted by Gasteiger charge is -2.27. The van der Waals surface area contributed by atoms with Crippen molar-refractivity contribution in [1.82, 2.24) is 0 Å². The van der Waals surface area contributed by atoms with E-state index in [0.717, 1.165) is 55.3 Å². The van der Waals surface area contributed by atoms with E-state index < -0.39 is 17.5 Å². The molecular formula is C55H41N. The number of anilines is 3. The highest BCUT2D eigenvalue weighted by Crippen LogP contribution is 2.52. The Morgan fingerprint density at radius 2 is 0.964 bits per heavy atom. The van der Waals surface area contributed by atoms with Gasteiger partial charge in [-0.3, -0.25) is 0 Å². The van der Waals surface area contributed by atoms with Gasteiger partial charge in [0.1, 0.15) is 0 Å². The van der Waals surface area contributed by atoms with Gasteiger partial charge in [0.15, 0.2) is 0 Å². The third-order valence-corrected chi connectivity index (χ3v) is 11.0. The molecule has 0 aliphatic heterocycles. The van der Waals surface area contributed by atoms with Crippen molar-refractivity contribution in [3.63, 3.8) is 0 Å². The highest BCUT2D eigenvalue weighted by Gasteiger charge is 2.37. The van der Waals surface area contributed by atoms with E-state index in [4.69, 9.17) is 1.37 Å². The van der Waals surface area contributed by atoms with Crippen LogP contribution in [0.5, 0.6) is 0 Å². The van der Waals surface area contributed by atoms with E-state index >= 15 is 0 Å². The molecule has 0 saturated heterocycles. The van der Waals surface area contributed by atoms with Crippen LogP contribution in [0, 0.1) is 0 Å². The number of hydrogen-bond donors (Lipinski definition) is 0. The minimum Gasteiger partial charge on any atom is -0.310 e. The zero-order valence-corrected chi connectivity index (χ0v) is 31.0. The first-order valence-electron chi connectivity index (χ1n) is 22.9. The van der Waals surface area contributed by atoms with Gasteiger partial charge in [0.2, 0.25) is 0 Å². The molecule has 266 valence electrons. The minimum atomic E-state index is -0.499. The summed E-state index contributed by atoms with van der Waals surface area (Å²) in [5.41, 5.74) is 9.04. The summed E-state index contributed by atoms with van der Waals surface area (Å²) in [6.45, 7) is 4.23. The van der Waals surface area contributed by atoms with E-state index in [1.54, 1.807) is 18.2 Å². The second-order valence-corrected chi connectivity index (χ2v) is 14.7. The van der Waals surface area contributed by atoms with Crippen molar-refractivity contribution >= 4 is 27.8 Å². The Labute approximate surface area is 341 Å². The molecule has 0 spiro atoms. The molecule has 0 N–H and O–H groups in total. The van der Waals surface area contributed by atoms with Gasteiger partial charge in [0.05, 0.1) is 11.0 Å². The van der Waals surface area contributed by atoms with Gasteiger partial charge in [-0.2, -0.15) is 0 Å². The first-order chi connectivity index (χ1) is 30.9. The maximum absolute atomic E-state index is 9.87. The van der Waals surface area contributed by atoms with Gasteiger partial charge in [-0.15, -0.1) is 0 Å². The van der Waals surface area contributed by atoms with Crippen LogP contribution in [0.1, 0.15) is 35.9 Å². The molecule has 0 radical (unpaired) electrons. The fraction of sp³-hybridized carbons (Fsp3) is 0.0545. The lowest BCUT2D eigenvalue weighted by molar-refractivity contribution is 0.662. The molecule has 0 atom stereocenters. The Morgan fingerprint density at radius 1 is 0.393 bits per heavy atom. The quantitative estimate of drug-likeness (QED) is 0.158. The average Bonchev–Trinajstić information content (AvgIpc) is 3.56. The average molecular weight is 724 g/mol. The zero-order chi connectivity index (χ0) is 44.6. The third-order valence-electron chi connectivity index (χ3n) is 11.0. The van der Waals surface area contributed by atoms with Crippen LogP contribution < -0.4 is 4.90 Å². The summed E-state index contributed by atoms with van der Waals surface area (Å²) in [4.78, 5) is 1.42. The molecule has 0 aromatic heterocycles. The minimum absolute atomic E-state index is 0.126. The lowest BCUT2D eigenvalue weighted by atomic mass is 9.79. The van der Waals surface area contributed by atoms with Crippen molar-refractivity contribution < 1.29 is 11.0 Å². The van der Waals surface area contributed by atoms with E-state index in [1.807, 2.05) is 109 Å². The summed E-state index contributed by atoms with van der Waals surface area (Å²) in [6, 6.07) is 50.1. The van der Waals surface area contributed by atoms with E-state index in [-0.39, 0.29) is 58.8 Å². The van der Waals surface area contributed by atoms with Crippen molar-refractivity contribution in [2.75, 3.05) is 4.90 Å². The van der Waals surface area contributed by atoms with Crippen LogP contribution in [0.4, 0.5) is 17.1 Å². The van der Waals surface area contributed by atoms with Gasteiger partial charge < -0.3 is 4.90 Å². The van der Waals surface area contributed by atoms with Gasteiger partial charge >= 0.3 is 0 Å². The predicted molar refractivity (Wildman–Crippen MR) is 238 cm³/mol. The summed E-state index contributed by atoms with van der Waals surface area (Å²) < 4.78 is 76.5. The smallest absolute Gasteiger partial charge is 0.0651 e. The molecule has 0 fully saturated rings. The molecule has 0 bridgehead atoms. The number of hydrogen-bond acceptors (Lipinski definition) is 1. The van der Waals surface area contributed by atoms with Crippen LogP contribution in [0.3, 0.4) is 0 Å². The van der Waals surface area contributed by atoms with Crippen molar-refractivity contribution in [3.05, 3.63) is 223 Å². The summed E-state index contributed by atoms with van der Waals surface area (Å²) in [5.74, 6) is 0. The molecule has 1 heteroatoms. The summed E-state index contributed by atoms with van der Waals surface area (Å²) in [6.07, 6.45) is 0. The van der Waals surface area contributed by atoms with Gasteiger partial charge in [0, 0.05) is 22.5 Å². The van der Waals surface area contributed by atoms with E-state index in [0.29, 0.717) is 16.8 Å². The van der Waals surface area contributed by atoms with Crippen molar-refractivity contribution in [3.8, 4) is 55.6 Å². The SMILES string of the molecule is [2H]c1c([2H])c(-c2cccc3ccccc23)c([2H])c(N(c2ccc(-c3ccc(-c4ccccc4)cc3)cc2)c2c([2H])c([2H])c(-c3cccc4c3C(C)(C)c3ccccc3-4)c([2H])c2[2H])c1[2H]. The van der Waals surface area contributed by atoms with Crippen LogP contribution in [0.15, 0.2) is 212 Å². The normalized spacial score (nSPS) is 14.6. The summed E-state index contributed by atoms with van der Waals surface area (Å²) in [5, 5.41) is 1.64. The molecule has 9 aromatic carbocycles. The number of nitrogens with zero attached hydrogens (tertiary/aromatic N) is 1. The first-order valence-corrected chi connectivity index (χ1v) is 18.9. The van der Waals surface area contributed by atoms with Gasteiger partial charge in [-0.25, -0.2) is 0 Å². The Bertz CT molecular complexity index is 3290. The lowest BCUT2D eigenvalue weighted by Crippen LogP contribution is -2.16. The molecule has 1 aliphatic rings. The molecule has 0 unspecified atom stereocenters. The highest BCUT2D eigenvalue weighted by molar-refractivity contribution is 5.97. The predicted octanol–water partition coefficient (Wildman–Crippen LogP) is 15.3. The van der Waals surface area contributed by atoms with Crippen LogP contribution in [0.2, 0.25) is 0 Å². The van der Waals surface area contributed by atoms with E-state index in [1.165, 1.54) is 4.90 Å². The molecule has 0 heterocycles. The topological polar surface area (TPSA) is 3.24 Å². The van der Waals surface area contributed by atoms with Crippen LogP contribution in [0.25, 0.3) is 66.4 Å².